The summed E-state index contributed by atoms with van der Waals surface area (Å²) < 4.78 is 0. The largest absolute Gasteiger partial charge is 0.0879 e. The summed E-state index contributed by atoms with van der Waals surface area (Å²) in [4.78, 5) is 0. The van der Waals surface area contributed by atoms with Gasteiger partial charge in [0.2, 0.25) is 0 Å². The van der Waals surface area contributed by atoms with E-state index in [4.69, 9.17) is 0 Å². The summed E-state index contributed by atoms with van der Waals surface area (Å²) in [5.41, 5.74) is 11.1. The fourth-order valence-corrected chi connectivity index (χ4v) is 35.9. The molecular weight excluding hydrogens is 1290 g/mol. The fourth-order valence-electron chi connectivity index (χ4n) is 35.9. The second kappa shape index (κ2) is 31.9. The van der Waals surface area contributed by atoms with Gasteiger partial charge in [-0.15, -0.1) is 0 Å². The molecule has 0 aromatic carbocycles. The van der Waals surface area contributed by atoms with E-state index in [-0.39, 0.29) is 44.6 Å². The molecule has 41 unspecified atom stereocenters. The Morgan fingerprint density at radius 1 is 0.318 bits per heavy atom. The highest BCUT2D eigenvalue weighted by atomic mass is 14.7. The zero-order valence-electron chi connectivity index (χ0n) is 66.1. The molecule has 18 fully saturated rings. The Labute approximate surface area is 662 Å². The van der Waals surface area contributed by atoms with E-state index >= 15 is 0 Å². The Morgan fingerprint density at radius 3 is 1.05 bits per heavy atom. The Balaban J connectivity index is 0.000000112. The van der Waals surface area contributed by atoms with Crippen LogP contribution in [-0.4, -0.2) is 0 Å². The van der Waals surface area contributed by atoms with E-state index in [0.717, 1.165) is 254 Å². The van der Waals surface area contributed by atoms with Crippen molar-refractivity contribution in [3.63, 3.8) is 0 Å². The molecule has 0 saturated heterocycles. The van der Waals surface area contributed by atoms with Gasteiger partial charge in [-0.3, -0.25) is 0 Å². The van der Waals surface area contributed by atoms with E-state index in [9.17, 15) is 0 Å². The standard InChI is InChI=1S/2C18H26.2C17H24.C16H22.C15H20.6CH4/c1-4-5-13-14-9-15(16(13)10(2)3)18-12-7-6-11(8-12)17(14)18;1-3-5-6-14-13(4-2)15-10-16(14)18-12-8-7-11(9-12)17(15)18;1-4-12-13-8-14(15(12)9(2)3)17-11-6-5-10(7-11)16(13)17;1-3-5-13-12(4-2)14-9-15(13)17-11-7-6-10(8-11)16(14)17;1-3-4-12-9(2)13-8-14(12)16-11-6-5-10(7-11)15(13)16;1-2-3-9-6-12-8-13(9)15-11-5-4-10(7-11)14(12)15;;;;;;/h5-7,10-12,14-18H,4,8-9H2,1-3H3;4,7-8,11-12,14-18H,3,5-6,9-10H2,1-2H3;4-6,9-11,13-17H,7-8H2,1-3H3;5-7,10-12,14-17H,3-4,8-9H2,1-2H3;4-6,9-11,13-16H,3,7-8H2,1-2H3;3-5,10-15H,2,6-8H2,1H3;6*1H4/b13-5+;13-4-;12-4+;13-5-;12-4-;9-3-;;;;;;. The van der Waals surface area contributed by atoms with E-state index in [1.165, 1.54) is 135 Å². The molecular formula is C107H166. The quantitative estimate of drug-likeness (QED) is 0.151. The molecule has 0 heteroatoms. The summed E-state index contributed by atoms with van der Waals surface area (Å²) in [5, 5.41) is 0. The average Bonchev–Trinajstić information content (AvgIpc) is 1.56. The van der Waals surface area contributed by atoms with Crippen LogP contribution in [0.2, 0.25) is 0 Å². The number of hydrogen-bond donors (Lipinski definition) is 0. The van der Waals surface area contributed by atoms with Crippen LogP contribution in [0, 0.1) is 254 Å². The third-order valence-electron chi connectivity index (χ3n) is 37.6. The van der Waals surface area contributed by atoms with Gasteiger partial charge in [0, 0.05) is 0 Å². The molecule has 18 saturated carbocycles. The zero-order valence-corrected chi connectivity index (χ0v) is 66.1. The molecule has 24 aliphatic rings. The molecule has 0 heterocycles. The van der Waals surface area contributed by atoms with Crippen LogP contribution in [0.25, 0.3) is 0 Å². The molecule has 24 bridgehead atoms. The molecule has 0 radical (unpaired) electrons. The third-order valence-corrected chi connectivity index (χ3v) is 37.6. The highest BCUT2D eigenvalue weighted by Gasteiger charge is 2.68. The Hall–Kier alpha value is -3.12. The molecule has 0 N–H and O–H groups in total. The van der Waals surface area contributed by atoms with E-state index in [2.05, 4.69) is 199 Å². The van der Waals surface area contributed by atoms with Crippen LogP contribution in [0.4, 0.5) is 0 Å². The van der Waals surface area contributed by atoms with E-state index in [0.29, 0.717) is 0 Å². The van der Waals surface area contributed by atoms with Gasteiger partial charge in [-0.25, -0.2) is 0 Å². The summed E-state index contributed by atoms with van der Waals surface area (Å²) >= 11 is 0. The molecule has 24 rings (SSSR count). The van der Waals surface area contributed by atoms with Gasteiger partial charge in [0.15, 0.2) is 0 Å². The van der Waals surface area contributed by atoms with Gasteiger partial charge in [0.05, 0.1) is 0 Å². The topological polar surface area (TPSA) is 0 Å². The van der Waals surface area contributed by atoms with Crippen molar-refractivity contribution in [1.82, 2.24) is 0 Å². The van der Waals surface area contributed by atoms with E-state index in [1.54, 1.807) is 0 Å². The number of hydrogen-bond acceptors (Lipinski definition) is 0. The summed E-state index contributed by atoms with van der Waals surface area (Å²) in [6.07, 6.45) is 76.1. The first-order chi connectivity index (χ1) is 49.3. The minimum Gasteiger partial charge on any atom is -0.0879 e. The number of allylic oxidation sites excluding steroid dienone is 24. The van der Waals surface area contributed by atoms with Crippen molar-refractivity contribution in [3.05, 3.63) is 143 Å². The van der Waals surface area contributed by atoms with E-state index < -0.39 is 0 Å². The SMILES string of the molecule is C.C.C.C.C.C.C/C=C1/C(CCCC)C2CC1C1C3C=CC(C3)C21.C/C=C1\C2CC(C1C(C)C)C1C3C=CC(C3)C21.CC/C=C1/C(C)C2CC1C1C3C=CC(C3)C21.CC/C=C1/C(CC)C2CC1C1C3C=CC(C3)C21.CC/C=C1/CC2CC1C1C3C=CC(C3)C21.CC/C=C1\C2CC(C1C(C)C)C1C3C=CC(C3)C21. The maximum absolute atomic E-state index is 2.60. The monoisotopic (exact) mass is 1450 g/mol. The second-order valence-electron chi connectivity index (χ2n) is 41.1. The molecule has 0 amide bonds. The second-order valence-corrected chi connectivity index (χ2v) is 41.1. The van der Waals surface area contributed by atoms with Gasteiger partial charge >= 0.3 is 0 Å². The lowest BCUT2D eigenvalue weighted by atomic mass is 9.64. The molecule has 0 spiro atoms. The van der Waals surface area contributed by atoms with Gasteiger partial charge in [-0.2, -0.15) is 0 Å². The van der Waals surface area contributed by atoms with Gasteiger partial charge < -0.3 is 0 Å². The number of fused-ring (bicyclic) bond motifs is 54. The van der Waals surface area contributed by atoms with Gasteiger partial charge in [0.1, 0.15) is 0 Å². The maximum Gasteiger partial charge on any atom is -0.0146 e. The summed E-state index contributed by atoms with van der Waals surface area (Å²) in [5.74, 6) is 42.8. The predicted octanol–water partition coefficient (Wildman–Crippen LogP) is 29.9. The Morgan fingerprint density at radius 2 is 0.636 bits per heavy atom. The third kappa shape index (κ3) is 12.2. The minimum atomic E-state index is 0. The predicted molar refractivity (Wildman–Crippen MR) is 465 cm³/mol. The van der Waals surface area contributed by atoms with Crippen LogP contribution >= 0.6 is 0 Å². The highest BCUT2D eigenvalue weighted by Crippen LogP contribution is 2.75. The van der Waals surface area contributed by atoms with Crippen molar-refractivity contribution in [2.24, 2.45) is 254 Å². The first-order valence-electron chi connectivity index (χ1n) is 45.5. The maximum atomic E-state index is 2.60. The van der Waals surface area contributed by atoms with Crippen molar-refractivity contribution < 1.29 is 0 Å². The molecule has 41 atom stereocenters. The molecule has 0 aromatic rings. The zero-order chi connectivity index (χ0) is 68.9. The Kier molecular flexibility index (Phi) is 24.4. The first-order valence-corrected chi connectivity index (χ1v) is 45.5. The van der Waals surface area contributed by atoms with Crippen molar-refractivity contribution >= 4 is 0 Å². The summed E-state index contributed by atoms with van der Waals surface area (Å²) in [6.45, 7) is 30.8. The minimum absolute atomic E-state index is 0. The van der Waals surface area contributed by atoms with Crippen molar-refractivity contribution in [2.45, 2.75) is 269 Å². The molecule has 0 nitrogen and oxygen atoms in total. The van der Waals surface area contributed by atoms with Crippen molar-refractivity contribution in [1.29, 1.82) is 0 Å². The number of unbranched alkanes of at least 4 members (excludes halogenated alkanes) is 1. The fraction of sp³-hybridized carbons (Fsp3) is 0.776. The first kappa shape index (κ1) is 81.9. The Bertz CT molecular complexity index is 3510. The lowest BCUT2D eigenvalue weighted by Gasteiger charge is -2.40. The molecule has 24 aliphatic carbocycles. The van der Waals surface area contributed by atoms with Gasteiger partial charge in [0.25, 0.3) is 0 Å². The molecule has 0 aromatic heterocycles. The lowest BCUT2D eigenvalue weighted by Crippen LogP contribution is -2.34. The highest BCUT2D eigenvalue weighted by molar-refractivity contribution is 5.38. The summed E-state index contributed by atoms with van der Waals surface area (Å²) in [7, 11) is 0. The summed E-state index contributed by atoms with van der Waals surface area (Å²) in [6, 6.07) is 0. The van der Waals surface area contributed by atoms with Crippen molar-refractivity contribution in [3.8, 4) is 0 Å². The lowest BCUT2D eigenvalue weighted by molar-refractivity contribution is 0.166. The number of rotatable bonds is 10. The van der Waals surface area contributed by atoms with Crippen LogP contribution in [0.1, 0.15) is 269 Å². The molecule has 594 valence electrons. The van der Waals surface area contributed by atoms with Crippen molar-refractivity contribution in [2.75, 3.05) is 0 Å². The normalized spacial score (nSPS) is 52.8. The van der Waals surface area contributed by atoms with Crippen LogP contribution in [0.15, 0.2) is 143 Å². The van der Waals surface area contributed by atoms with Crippen LogP contribution < -0.4 is 0 Å². The van der Waals surface area contributed by atoms with Gasteiger partial charge in [-0.1, -0.05) is 276 Å². The van der Waals surface area contributed by atoms with Gasteiger partial charge in [-0.05, 0) is 390 Å². The average molecular weight is 1450 g/mol. The molecule has 0 aliphatic heterocycles. The van der Waals surface area contributed by atoms with Crippen LogP contribution in [0.5, 0.6) is 0 Å². The smallest absolute Gasteiger partial charge is 0.0146 e. The van der Waals surface area contributed by atoms with E-state index in [1.807, 2.05) is 33.4 Å². The van der Waals surface area contributed by atoms with Crippen LogP contribution in [0.3, 0.4) is 0 Å². The molecule has 107 heavy (non-hydrogen) atoms. The van der Waals surface area contributed by atoms with Crippen LogP contribution in [-0.2, 0) is 0 Å².